The predicted octanol–water partition coefficient (Wildman–Crippen LogP) is 3.12. The van der Waals surface area contributed by atoms with Crippen LogP contribution in [0.2, 0.25) is 0 Å². The Balaban J connectivity index is 2.01. The number of halogens is 1. The Bertz CT molecular complexity index is 739. The van der Waals surface area contributed by atoms with E-state index in [0.29, 0.717) is 18.0 Å². The summed E-state index contributed by atoms with van der Waals surface area (Å²) in [7, 11) is 0. The van der Waals surface area contributed by atoms with Crippen LogP contribution < -0.4 is 15.8 Å². The smallest absolute Gasteiger partial charge is 0.318 e. The molecule has 0 radical (unpaired) electrons. The molecule has 0 bridgehead atoms. The first-order valence-electron chi connectivity index (χ1n) is 7.11. The van der Waals surface area contributed by atoms with Gasteiger partial charge in [-0.05, 0) is 24.4 Å². The topological polar surface area (TPSA) is 85.4 Å². The zero-order valence-corrected chi connectivity index (χ0v) is 14.0. The van der Waals surface area contributed by atoms with E-state index >= 15 is 0 Å². The molecule has 0 unspecified atom stereocenters. The Kier molecular flexibility index (Phi) is 6.44. The van der Waals surface area contributed by atoms with Crippen molar-refractivity contribution < 1.29 is 9.13 Å². The number of ether oxygens (including phenoxy) is 1. The van der Waals surface area contributed by atoms with Crippen LogP contribution in [0.3, 0.4) is 0 Å². The van der Waals surface area contributed by atoms with Crippen molar-refractivity contribution in [2.45, 2.75) is 13.5 Å². The number of thiophene rings is 1. The largest absolute Gasteiger partial charge is 0.458 e. The first kappa shape index (κ1) is 17.6. The standard InChI is InChI=1S/C16H18FN5OS/c1-3-12(19-7-11(2)18)8-20-15-14(17)9-21-16(22-15)23-10-13-5-4-6-24-13/h3-7,9H,1,8,10,18H2,2H3,(H,20,21,22)/b11-7-,19-12?. The highest BCUT2D eigenvalue weighted by Crippen LogP contribution is 2.16. The van der Waals surface area contributed by atoms with Crippen LogP contribution in [0.25, 0.3) is 0 Å². The van der Waals surface area contributed by atoms with Crippen molar-refractivity contribution in [3.05, 3.63) is 59.0 Å². The fourth-order valence-corrected chi connectivity index (χ4v) is 2.22. The fraction of sp³-hybridized carbons (Fsp3) is 0.188. The quantitative estimate of drug-likeness (QED) is 0.717. The normalized spacial score (nSPS) is 12.1. The van der Waals surface area contributed by atoms with E-state index in [1.807, 2.05) is 17.5 Å². The van der Waals surface area contributed by atoms with Crippen LogP contribution >= 0.6 is 11.3 Å². The number of aliphatic imine (C=N–C) groups is 1. The molecule has 2 heterocycles. The molecule has 0 aliphatic carbocycles. The van der Waals surface area contributed by atoms with Crippen LogP contribution in [-0.4, -0.2) is 22.2 Å². The summed E-state index contributed by atoms with van der Waals surface area (Å²) >= 11 is 1.56. The Morgan fingerprint density at radius 1 is 1.58 bits per heavy atom. The highest BCUT2D eigenvalue weighted by Gasteiger charge is 2.08. The molecule has 0 aliphatic rings. The number of allylic oxidation sites excluding steroid dienone is 1. The summed E-state index contributed by atoms with van der Waals surface area (Å²) in [6.45, 7) is 5.96. The second-order valence-electron chi connectivity index (χ2n) is 4.77. The molecule has 0 fully saturated rings. The summed E-state index contributed by atoms with van der Waals surface area (Å²) in [6.07, 6.45) is 4.12. The van der Waals surface area contributed by atoms with Crippen molar-refractivity contribution in [2.75, 3.05) is 11.9 Å². The van der Waals surface area contributed by atoms with Crippen molar-refractivity contribution in [3.63, 3.8) is 0 Å². The minimum Gasteiger partial charge on any atom is -0.458 e. The van der Waals surface area contributed by atoms with Gasteiger partial charge in [-0.25, -0.2) is 9.37 Å². The van der Waals surface area contributed by atoms with Crippen LogP contribution in [0.15, 0.2) is 53.3 Å². The number of aromatic nitrogens is 2. The lowest BCUT2D eigenvalue weighted by Gasteiger charge is -2.08. The third-order valence-corrected chi connectivity index (χ3v) is 3.60. The summed E-state index contributed by atoms with van der Waals surface area (Å²) in [4.78, 5) is 13.0. The fourth-order valence-electron chi connectivity index (χ4n) is 1.60. The minimum absolute atomic E-state index is 0.0363. The lowest BCUT2D eigenvalue weighted by molar-refractivity contribution is 0.283. The average molecular weight is 347 g/mol. The molecule has 8 heteroatoms. The highest BCUT2D eigenvalue weighted by molar-refractivity contribution is 7.09. The summed E-state index contributed by atoms with van der Waals surface area (Å²) in [5.41, 5.74) is 6.68. The van der Waals surface area contributed by atoms with E-state index in [-0.39, 0.29) is 18.4 Å². The van der Waals surface area contributed by atoms with Crippen molar-refractivity contribution in [1.29, 1.82) is 0 Å². The van der Waals surface area contributed by atoms with E-state index < -0.39 is 5.82 Å². The SMILES string of the molecule is C=CC(CNc1nc(OCc2cccs2)ncc1F)=N/C=C(/C)N. The van der Waals surface area contributed by atoms with Gasteiger partial charge in [-0.1, -0.05) is 12.6 Å². The molecule has 0 amide bonds. The van der Waals surface area contributed by atoms with Crippen LogP contribution in [0.5, 0.6) is 6.01 Å². The molecule has 2 aromatic rings. The lowest BCUT2D eigenvalue weighted by Crippen LogP contribution is -2.14. The molecule has 0 saturated heterocycles. The number of rotatable bonds is 8. The van der Waals surface area contributed by atoms with Crippen molar-refractivity contribution >= 4 is 22.9 Å². The molecule has 6 nitrogen and oxygen atoms in total. The minimum atomic E-state index is -0.576. The number of hydrogen-bond donors (Lipinski definition) is 2. The zero-order chi connectivity index (χ0) is 17.4. The number of nitrogens with two attached hydrogens (primary N) is 1. The maximum atomic E-state index is 13.8. The van der Waals surface area contributed by atoms with Gasteiger partial charge in [-0.15, -0.1) is 11.3 Å². The summed E-state index contributed by atoms with van der Waals surface area (Å²) in [6, 6.07) is 3.96. The van der Waals surface area contributed by atoms with E-state index in [0.717, 1.165) is 11.1 Å². The molecule has 0 atom stereocenters. The first-order chi connectivity index (χ1) is 11.6. The van der Waals surface area contributed by atoms with Crippen molar-refractivity contribution in [1.82, 2.24) is 9.97 Å². The van der Waals surface area contributed by atoms with Gasteiger partial charge in [-0.2, -0.15) is 4.98 Å². The van der Waals surface area contributed by atoms with Gasteiger partial charge in [0.1, 0.15) is 6.61 Å². The second-order valence-corrected chi connectivity index (χ2v) is 5.80. The van der Waals surface area contributed by atoms with Gasteiger partial charge < -0.3 is 15.8 Å². The van der Waals surface area contributed by atoms with Gasteiger partial charge in [0.2, 0.25) is 0 Å². The maximum Gasteiger partial charge on any atom is 0.318 e. The number of nitrogens with zero attached hydrogens (tertiary/aromatic N) is 3. The molecule has 126 valence electrons. The van der Waals surface area contributed by atoms with Gasteiger partial charge in [-0.3, -0.25) is 4.99 Å². The second kappa shape index (κ2) is 8.78. The molecular weight excluding hydrogens is 329 g/mol. The van der Waals surface area contributed by atoms with Crippen molar-refractivity contribution in [2.24, 2.45) is 10.7 Å². The molecular formula is C16H18FN5OS. The summed E-state index contributed by atoms with van der Waals surface area (Å²) < 4.78 is 19.3. The molecule has 0 aromatic carbocycles. The first-order valence-corrected chi connectivity index (χ1v) is 7.99. The predicted molar refractivity (Wildman–Crippen MR) is 94.7 cm³/mol. The summed E-state index contributed by atoms with van der Waals surface area (Å²) in [5.74, 6) is -0.540. The van der Waals surface area contributed by atoms with Gasteiger partial charge in [0.25, 0.3) is 0 Å². The van der Waals surface area contributed by atoms with Crippen LogP contribution in [0.4, 0.5) is 10.2 Å². The Labute approximate surface area is 143 Å². The average Bonchev–Trinajstić information content (AvgIpc) is 3.08. The van der Waals surface area contributed by atoms with Gasteiger partial charge in [0.05, 0.1) is 18.5 Å². The van der Waals surface area contributed by atoms with Crippen LogP contribution in [0, 0.1) is 5.82 Å². The van der Waals surface area contributed by atoms with E-state index in [9.17, 15) is 4.39 Å². The number of anilines is 1. The molecule has 2 rings (SSSR count). The molecule has 0 saturated carbocycles. The molecule has 2 aromatic heterocycles. The van der Waals surface area contributed by atoms with E-state index in [1.165, 1.54) is 6.20 Å². The summed E-state index contributed by atoms with van der Waals surface area (Å²) in [5, 5.41) is 4.79. The highest BCUT2D eigenvalue weighted by atomic mass is 32.1. The lowest BCUT2D eigenvalue weighted by atomic mass is 10.3. The number of nitrogens with one attached hydrogen (secondary N) is 1. The molecule has 3 N–H and O–H groups in total. The Hall–Kier alpha value is -2.74. The van der Waals surface area contributed by atoms with Gasteiger partial charge >= 0.3 is 6.01 Å². The maximum absolute atomic E-state index is 13.8. The third-order valence-electron chi connectivity index (χ3n) is 2.75. The van der Waals surface area contributed by atoms with Crippen LogP contribution in [-0.2, 0) is 6.61 Å². The van der Waals surface area contributed by atoms with Crippen molar-refractivity contribution in [3.8, 4) is 6.01 Å². The monoisotopic (exact) mass is 347 g/mol. The molecule has 0 spiro atoms. The van der Waals surface area contributed by atoms with E-state index in [4.69, 9.17) is 10.5 Å². The van der Waals surface area contributed by atoms with E-state index in [2.05, 4.69) is 26.9 Å². The Morgan fingerprint density at radius 2 is 2.42 bits per heavy atom. The molecule has 24 heavy (non-hydrogen) atoms. The van der Waals surface area contributed by atoms with Crippen LogP contribution in [0.1, 0.15) is 11.8 Å². The third kappa shape index (κ3) is 5.47. The van der Waals surface area contributed by atoms with Gasteiger partial charge in [0, 0.05) is 16.8 Å². The number of hydrogen-bond acceptors (Lipinski definition) is 7. The Morgan fingerprint density at radius 3 is 3.08 bits per heavy atom. The zero-order valence-electron chi connectivity index (χ0n) is 13.2. The molecule has 0 aliphatic heterocycles. The van der Waals surface area contributed by atoms with E-state index in [1.54, 1.807) is 24.3 Å². The van der Waals surface area contributed by atoms with Gasteiger partial charge in [0.15, 0.2) is 11.6 Å².